The molecule has 3 aromatic rings. The molecule has 7 rings (SSSR count). The number of carbonyl (C=O) groups is 1. The zero-order valence-electron chi connectivity index (χ0n) is 17.1. The monoisotopic (exact) mass is 417 g/mol. The molecule has 4 fully saturated rings. The van der Waals surface area contributed by atoms with Crippen LogP contribution in [0.25, 0.3) is 16.7 Å². The summed E-state index contributed by atoms with van der Waals surface area (Å²) in [6, 6.07) is 18.5. The molecular formula is C25H27N3OS. The quantitative estimate of drug-likeness (QED) is 0.580. The third kappa shape index (κ3) is 3.24. The fourth-order valence-corrected chi connectivity index (χ4v) is 7.48. The molecule has 0 unspecified atom stereocenters. The molecule has 0 radical (unpaired) electrons. The second kappa shape index (κ2) is 7.16. The molecule has 5 heteroatoms. The Morgan fingerprint density at radius 3 is 2.30 bits per heavy atom. The maximum Gasteiger partial charge on any atom is 0.230 e. The molecule has 154 valence electrons. The number of carbonyl (C=O) groups excluding carboxylic acids is 1. The fourth-order valence-electron chi connectivity index (χ4n) is 6.65. The van der Waals surface area contributed by atoms with Crippen molar-refractivity contribution in [1.29, 1.82) is 0 Å². The standard InChI is InChI=1S/C25H27N3OS/c29-23(27-25-13-17-10-18(14-25)12-19(11-17)15-25)16-30-24-26-21-8-4-5-9-22(21)28(24)20-6-2-1-3-7-20/h1-9,17-19H,10-16H2,(H,27,29). The lowest BCUT2D eigenvalue weighted by Crippen LogP contribution is -2.60. The molecule has 1 amide bonds. The molecule has 2 aromatic carbocycles. The molecule has 4 bridgehead atoms. The Labute approximate surface area is 181 Å². The van der Waals surface area contributed by atoms with E-state index >= 15 is 0 Å². The van der Waals surface area contributed by atoms with E-state index in [1.54, 1.807) is 11.8 Å². The Morgan fingerprint density at radius 1 is 0.967 bits per heavy atom. The molecule has 1 N–H and O–H groups in total. The topological polar surface area (TPSA) is 46.9 Å². The van der Waals surface area contributed by atoms with Gasteiger partial charge in [-0.25, -0.2) is 4.98 Å². The van der Waals surface area contributed by atoms with Crippen molar-refractivity contribution >= 4 is 28.7 Å². The van der Waals surface area contributed by atoms with Crippen molar-refractivity contribution < 1.29 is 4.79 Å². The number of nitrogens with one attached hydrogen (secondary N) is 1. The van der Waals surface area contributed by atoms with E-state index < -0.39 is 0 Å². The Bertz CT molecular complexity index is 1050. The number of benzene rings is 2. The van der Waals surface area contributed by atoms with Crippen LogP contribution in [0.5, 0.6) is 0 Å². The lowest BCUT2D eigenvalue weighted by Gasteiger charge is -2.56. The minimum Gasteiger partial charge on any atom is -0.350 e. The van der Waals surface area contributed by atoms with Gasteiger partial charge in [0.1, 0.15) is 0 Å². The highest BCUT2D eigenvalue weighted by Crippen LogP contribution is 2.55. The van der Waals surface area contributed by atoms with E-state index in [-0.39, 0.29) is 11.4 Å². The first-order valence-electron chi connectivity index (χ1n) is 11.1. The van der Waals surface area contributed by atoms with Gasteiger partial charge in [-0.15, -0.1) is 0 Å². The highest BCUT2D eigenvalue weighted by Gasteiger charge is 2.51. The number of hydrogen-bond donors (Lipinski definition) is 1. The molecule has 1 aromatic heterocycles. The highest BCUT2D eigenvalue weighted by molar-refractivity contribution is 7.99. The normalized spacial score (nSPS) is 29.4. The molecule has 0 spiro atoms. The second-order valence-electron chi connectivity index (χ2n) is 9.59. The van der Waals surface area contributed by atoms with Gasteiger partial charge < -0.3 is 5.32 Å². The van der Waals surface area contributed by atoms with Crippen LogP contribution in [0.2, 0.25) is 0 Å². The Balaban J connectivity index is 1.22. The third-order valence-electron chi connectivity index (χ3n) is 7.32. The summed E-state index contributed by atoms with van der Waals surface area (Å²) in [6.45, 7) is 0. The summed E-state index contributed by atoms with van der Waals surface area (Å²) in [6.07, 6.45) is 7.76. The predicted molar refractivity (Wildman–Crippen MR) is 121 cm³/mol. The first-order chi connectivity index (χ1) is 14.7. The molecule has 4 nitrogen and oxygen atoms in total. The first kappa shape index (κ1) is 18.5. The number of hydrogen-bond acceptors (Lipinski definition) is 3. The van der Waals surface area contributed by atoms with Crippen molar-refractivity contribution in [1.82, 2.24) is 14.9 Å². The summed E-state index contributed by atoms with van der Waals surface area (Å²) in [5.74, 6) is 3.09. The highest BCUT2D eigenvalue weighted by atomic mass is 32.2. The van der Waals surface area contributed by atoms with Crippen molar-refractivity contribution in [3.63, 3.8) is 0 Å². The van der Waals surface area contributed by atoms with E-state index in [4.69, 9.17) is 4.98 Å². The molecule has 1 heterocycles. The molecule has 4 saturated carbocycles. The van der Waals surface area contributed by atoms with Crippen LogP contribution >= 0.6 is 11.8 Å². The summed E-state index contributed by atoms with van der Waals surface area (Å²) >= 11 is 1.54. The van der Waals surface area contributed by atoms with E-state index in [1.807, 2.05) is 36.4 Å². The van der Waals surface area contributed by atoms with Crippen LogP contribution in [0.4, 0.5) is 0 Å². The summed E-state index contributed by atoms with van der Waals surface area (Å²) in [7, 11) is 0. The van der Waals surface area contributed by atoms with Gasteiger partial charge in [0.25, 0.3) is 0 Å². The fraction of sp³-hybridized carbons (Fsp3) is 0.440. The molecule has 4 aliphatic carbocycles. The lowest BCUT2D eigenvalue weighted by molar-refractivity contribution is -0.124. The molecule has 30 heavy (non-hydrogen) atoms. The van der Waals surface area contributed by atoms with Crippen molar-refractivity contribution in [3.05, 3.63) is 54.6 Å². The van der Waals surface area contributed by atoms with Crippen LogP contribution < -0.4 is 5.32 Å². The number of nitrogens with zero attached hydrogens (tertiary/aromatic N) is 2. The van der Waals surface area contributed by atoms with Crippen molar-refractivity contribution in [2.75, 3.05) is 5.75 Å². The summed E-state index contributed by atoms with van der Waals surface area (Å²) in [4.78, 5) is 17.8. The maximum absolute atomic E-state index is 13.0. The van der Waals surface area contributed by atoms with Crippen LogP contribution in [0.1, 0.15) is 38.5 Å². The van der Waals surface area contributed by atoms with Crippen LogP contribution in [-0.2, 0) is 4.79 Å². The van der Waals surface area contributed by atoms with Gasteiger partial charge in [0.15, 0.2) is 5.16 Å². The summed E-state index contributed by atoms with van der Waals surface area (Å²) in [5.41, 5.74) is 3.19. The lowest BCUT2D eigenvalue weighted by atomic mass is 9.53. The SMILES string of the molecule is O=C(CSc1nc2ccccc2n1-c1ccccc1)NC12CC3CC(CC(C3)C1)C2. The molecule has 0 saturated heterocycles. The van der Waals surface area contributed by atoms with Crippen LogP contribution in [0.15, 0.2) is 59.8 Å². The minimum absolute atomic E-state index is 0.0754. The van der Waals surface area contributed by atoms with Gasteiger partial charge >= 0.3 is 0 Å². The molecule has 4 aliphatic rings. The van der Waals surface area contributed by atoms with E-state index in [0.717, 1.165) is 39.6 Å². The number of imidazole rings is 1. The smallest absolute Gasteiger partial charge is 0.230 e. The average molecular weight is 418 g/mol. The minimum atomic E-state index is 0.0754. The van der Waals surface area contributed by atoms with Gasteiger partial charge in [-0.1, -0.05) is 42.1 Å². The van der Waals surface area contributed by atoms with Gasteiger partial charge in [-0.2, -0.15) is 0 Å². The number of thioether (sulfide) groups is 1. The van der Waals surface area contributed by atoms with Gasteiger partial charge in [0.2, 0.25) is 5.91 Å². The molecular weight excluding hydrogens is 390 g/mol. The number of amides is 1. The number of para-hydroxylation sites is 3. The number of fused-ring (bicyclic) bond motifs is 1. The summed E-state index contributed by atoms with van der Waals surface area (Å²) < 4.78 is 2.16. The van der Waals surface area contributed by atoms with Gasteiger partial charge in [0.05, 0.1) is 16.8 Å². The van der Waals surface area contributed by atoms with Gasteiger partial charge in [-0.05, 0) is 80.5 Å². The Hall–Kier alpha value is -2.27. The average Bonchev–Trinajstić information content (AvgIpc) is 3.10. The van der Waals surface area contributed by atoms with Crippen LogP contribution in [0, 0.1) is 17.8 Å². The van der Waals surface area contributed by atoms with Crippen LogP contribution in [-0.4, -0.2) is 26.8 Å². The molecule has 0 aliphatic heterocycles. The van der Waals surface area contributed by atoms with E-state index in [2.05, 4.69) is 28.1 Å². The number of rotatable bonds is 5. The Morgan fingerprint density at radius 2 is 1.60 bits per heavy atom. The number of aromatic nitrogens is 2. The predicted octanol–water partition coefficient (Wildman–Crippen LogP) is 5.20. The first-order valence-corrected chi connectivity index (χ1v) is 12.1. The van der Waals surface area contributed by atoms with Crippen LogP contribution in [0.3, 0.4) is 0 Å². The molecule has 0 atom stereocenters. The largest absolute Gasteiger partial charge is 0.350 e. The van der Waals surface area contributed by atoms with Gasteiger partial charge in [0, 0.05) is 11.2 Å². The van der Waals surface area contributed by atoms with E-state index in [0.29, 0.717) is 5.75 Å². The summed E-state index contributed by atoms with van der Waals surface area (Å²) in [5, 5.41) is 4.37. The van der Waals surface area contributed by atoms with E-state index in [1.165, 1.54) is 38.5 Å². The maximum atomic E-state index is 13.0. The second-order valence-corrected chi connectivity index (χ2v) is 10.5. The Kier molecular flexibility index (Phi) is 4.41. The van der Waals surface area contributed by atoms with Gasteiger partial charge in [-0.3, -0.25) is 9.36 Å². The van der Waals surface area contributed by atoms with E-state index in [9.17, 15) is 4.79 Å². The van der Waals surface area contributed by atoms with Crippen molar-refractivity contribution in [2.24, 2.45) is 17.8 Å². The van der Waals surface area contributed by atoms with Crippen molar-refractivity contribution in [2.45, 2.75) is 49.2 Å². The third-order valence-corrected chi connectivity index (χ3v) is 8.26. The zero-order valence-corrected chi connectivity index (χ0v) is 17.9. The zero-order chi connectivity index (χ0) is 20.1. The van der Waals surface area contributed by atoms with Crippen molar-refractivity contribution in [3.8, 4) is 5.69 Å².